The van der Waals surface area contributed by atoms with E-state index in [4.69, 9.17) is 11.6 Å². The molecule has 1 aliphatic rings. The molecule has 3 atom stereocenters. The van der Waals surface area contributed by atoms with Gasteiger partial charge in [-0.1, -0.05) is 31.5 Å². The van der Waals surface area contributed by atoms with Crippen LogP contribution in [-0.4, -0.2) is 10.3 Å². The minimum absolute atomic E-state index is 0.155. The zero-order valence-electron chi connectivity index (χ0n) is 11.2. The molecule has 19 heavy (non-hydrogen) atoms. The first-order valence-electron chi connectivity index (χ1n) is 6.98. The number of alkyl halides is 1. The van der Waals surface area contributed by atoms with Crippen molar-refractivity contribution < 1.29 is 4.92 Å². The highest BCUT2D eigenvalue weighted by Gasteiger charge is 2.30. The molecule has 3 nitrogen and oxygen atoms in total. The lowest BCUT2D eigenvalue weighted by atomic mass is 9.77. The first kappa shape index (κ1) is 14.3. The lowest BCUT2D eigenvalue weighted by Gasteiger charge is -2.32. The molecule has 3 unspecified atom stereocenters. The van der Waals surface area contributed by atoms with Crippen molar-refractivity contribution in [2.75, 3.05) is 0 Å². The van der Waals surface area contributed by atoms with E-state index in [9.17, 15) is 10.1 Å². The summed E-state index contributed by atoms with van der Waals surface area (Å²) in [5.74, 6) is 1.09. The van der Waals surface area contributed by atoms with Gasteiger partial charge in [0.15, 0.2) is 0 Å². The Bertz CT molecular complexity index is 450. The molecule has 0 saturated heterocycles. The number of benzene rings is 1. The molecule has 0 aliphatic heterocycles. The molecule has 0 amide bonds. The summed E-state index contributed by atoms with van der Waals surface area (Å²) in [7, 11) is 0. The van der Waals surface area contributed by atoms with E-state index in [0.29, 0.717) is 5.92 Å². The summed E-state index contributed by atoms with van der Waals surface area (Å²) in [6.45, 7) is 2.21. The van der Waals surface area contributed by atoms with Gasteiger partial charge >= 0.3 is 0 Å². The molecule has 0 N–H and O–H groups in total. The van der Waals surface area contributed by atoms with E-state index in [1.165, 1.54) is 12.8 Å². The van der Waals surface area contributed by atoms with E-state index >= 15 is 0 Å². The average Bonchev–Trinajstić information content (AvgIpc) is 2.41. The molecule has 1 aliphatic carbocycles. The van der Waals surface area contributed by atoms with Crippen LogP contribution in [0.4, 0.5) is 5.69 Å². The fourth-order valence-corrected chi connectivity index (χ4v) is 3.37. The van der Waals surface area contributed by atoms with Crippen LogP contribution in [0.15, 0.2) is 24.3 Å². The van der Waals surface area contributed by atoms with E-state index in [0.717, 1.165) is 30.7 Å². The molecule has 1 fully saturated rings. The number of para-hydroxylation sites is 1. The second-order valence-corrected chi connectivity index (χ2v) is 6.01. The Morgan fingerprint density at radius 3 is 2.79 bits per heavy atom. The molecule has 104 valence electrons. The van der Waals surface area contributed by atoms with Gasteiger partial charge in [-0.05, 0) is 37.5 Å². The summed E-state index contributed by atoms with van der Waals surface area (Å²) in [5, 5.41) is 11.2. The largest absolute Gasteiger partial charge is 0.272 e. The van der Waals surface area contributed by atoms with Crippen LogP contribution < -0.4 is 0 Å². The van der Waals surface area contributed by atoms with Gasteiger partial charge in [-0.3, -0.25) is 10.1 Å². The van der Waals surface area contributed by atoms with Gasteiger partial charge in [0.05, 0.1) is 4.92 Å². The Morgan fingerprint density at radius 1 is 1.37 bits per heavy atom. The van der Waals surface area contributed by atoms with Gasteiger partial charge in [0.2, 0.25) is 0 Å². The van der Waals surface area contributed by atoms with Crippen LogP contribution in [0.1, 0.15) is 38.2 Å². The maximum atomic E-state index is 11.0. The third kappa shape index (κ3) is 3.47. The number of nitro benzene ring substituents is 1. The van der Waals surface area contributed by atoms with E-state index in [1.54, 1.807) is 12.1 Å². The van der Waals surface area contributed by atoms with Crippen LogP contribution in [-0.2, 0) is 6.42 Å². The molecule has 1 aromatic carbocycles. The maximum absolute atomic E-state index is 11.0. The minimum atomic E-state index is -0.293. The van der Waals surface area contributed by atoms with Crippen molar-refractivity contribution in [3.8, 4) is 0 Å². The quantitative estimate of drug-likeness (QED) is 0.461. The molecule has 0 aromatic heterocycles. The van der Waals surface area contributed by atoms with Crippen molar-refractivity contribution in [1.29, 1.82) is 0 Å². The Kier molecular flexibility index (Phi) is 4.81. The fraction of sp³-hybridized carbons (Fsp3) is 0.600. The van der Waals surface area contributed by atoms with Crippen molar-refractivity contribution in [3.63, 3.8) is 0 Å². The van der Waals surface area contributed by atoms with Gasteiger partial charge in [0.1, 0.15) is 0 Å². The average molecular weight is 282 g/mol. The van der Waals surface area contributed by atoms with E-state index in [1.807, 2.05) is 12.1 Å². The zero-order chi connectivity index (χ0) is 13.8. The van der Waals surface area contributed by atoms with Gasteiger partial charge in [0.25, 0.3) is 5.69 Å². The Balaban J connectivity index is 2.13. The second-order valence-electron chi connectivity index (χ2n) is 5.45. The molecular weight excluding hydrogens is 262 g/mol. The lowest BCUT2D eigenvalue weighted by Crippen LogP contribution is -2.27. The van der Waals surface area contributed by atoms with Crippen LogP contribution in [0, 0.1) is 22.0 Å². The van der Waals surface area contributed by atoms with Gasteiger partial charge < -0.3 is 0 Å². The summed E-state index contributed by atoms with van der Waals surface area (Å²) in [5.41, 5.74) is 1.05. The number of rotatable bonds is 4. The van der Waals surface area contributed by atoms with Crippen LogP contribution in [0.2, 0.25) is 0 Å². The molecule has 2 rings (SSSR count). The van der Waals surface area contributed by atoms with Crippen LogP contribution in [0.25, 0.3) is 0 Å². The van der Waals surface area contributed by atoms with Gasteiger partial charge in [-0.25, -0.2) is 0 Å². The van der Waals surface area contributed by atoms with Crippen LogP contribution >= 0.6 is 11.6 Å². The summed E-state index contributed by atoms with van der Waals surface area (Å²) in [6.07, 6.45) is 5.22. The highest BCUT2D eigenvalue weighted by molar-refractivity contribution is 6.20. The Morgan fingerprint density at radius 2 is 2.11 bits per heavy atom. The predicted octanol–water partition coefficient (Wildman–Crippen LogP) is 4.57. The summed E-state index contributed by atoms with van der Waals surface area (Å²) < 4.78 is 0. The monoisotopic (exact) mass is 281 g/mol. The lowest BCUT2D eigenvalue weighted by molar-refractivity contribution is -0.385. The highest BCUT2D eigenvalue weighted by atomic mass is 35.5. The third-order valence-corrected chi connectivity index (χ3v) is 4.82. The number of halogens is 1. The number of nitro groups is 1. The van der Waals surface area contributed by atoms with Crippen molar-refractivity contribution in [2.24, 2.45) is 11.8 Å². The minimum Gasteiger partial charge on any atom is -0.258 e. The van der Waals surface area contributed by atoms with E-state index in [-0.39, 0.29) is 16.0 Å². The smallest absolute Gasteiger partial charge is 0.258 e. The molecule has 1 aromatic rings. The second kappa shape index (κ2) is 6.38. The first-order chi connectivity index (χ1) is 9.11. The molecule has 0 heterocycles. The molecule has 0 spiro atoms. The molecule has 4 heteroatoms. The molecule has 0 bridgehead atoms. The van der Waals surface area contributed by atoms with Crippen molar-refractivity contribution in [3.05, 3.63) is 39.9 Å². The van der Waals surface area contributed by atoms with E-state index < -0.39 is 0 Å². The number of hydrogen-bond acceptors (Lipinski definition) is 2. The van der Waals surface area contributed by atoms with Gasteiger partial charge in [-0.15, -0.1) is 11.6 Å². The van der Waals surface area contributed by atoms with Crippen molar-refractivity contribution in [2.45, 2.75) is 44.4 Å². The fourth-order valence-electron chi connectivity index (χ4n) is 3.05. The maximum Gasteiger partial charge on any atom is 0.272 e. The molecular formula is C15H20ClNO2. The van der Waals surface area contributed by atoms with Crippen molar-refractivity contribution in [1.82, 2.24) is 0 Å². The summed E-state index contributed by atoms with van der Waals surface area (Å²) in [4.78, 5) is 10.7. The Hall–Kier alpha value is -1.09. The highest BCUT2D eigenvalue weighted by Crippen LogP contribution is 2.37. The standard InChI is InChI=1S/C15H20ClNO2/c1-2-11-7-8-14(16)13(9-11)10-12-5-3-4-6-15(12)17(18)19/h3-6,11,13-14H,2,7-10H2,1H3. The topological polar surface area (TPSA) is 43.1 Å². The molecule has 1 saturated carbocycles. The SMILES string of the molecule is CCC1CCC(Cl)C(Cc2ccccc2[N+](=O)[O-])C1. The predicted molar refractivity (Wildman–Crippen MR) is 77.6 cm³/mol. The van der Waals surface area contributed by atoms with Gasteiger partial charge in [-0.2, -0.15) is 0 Å². The van der Waals surface area contributed by atoms with Crippen LogP contribution in [0.3, 0.4) is 0 Å². The number of nitrogens with zero attached hydrogens (tertiary/aromatic N) is 1. The third-order valence-electron chi connectivity index (χ3n) is 4.25. The zero-order valence-corrected chi connectivity index (χ0v) is 12.0. The van der Waals surface area contributed by atoms with Gasteiger partial charge in [0, 0.05) is 17.0 Å². The number of hydrogen-bond donors (Lipinski definition) is 0. The first-order valence-corrected chi connectivity index (χ1v) is 7.41. The summed E-state index contributed by atoms with van der Waals surface area (Å²) >= 11 is 6.42. The van der Waals surface area contributed by atoms with Crippen LogP contribution in [0.5, 0.6) is 0 Å². The molecule has 0 radical (unpaired) electrons. The van der Waals surface area contributed by atoms with Crippen molar-refractivity contribution >= 4 is 17.3 Å². The van der Waals surface area contributed by atoms with E-state index in [2.05, 4.69) is 6.92 Å². The Labute approximate surface area is 119 Å². The normalized spacial score (nSPS) is 27.2. The summed E-state index contributed by atoms with van der Waals surface area (Å²) in [6, 6.07) is 7.03.